The van der Waals surface area contributed by atoms with Crippen LogP contribution in [0.1, 0.15) is 15.9 Å². The topological polar surface area (TPSA) is 114 Å². The van der Waals surface area contributed by atoms with Crippen LogP contribution in [0, 0.1) is 17.1 Å². The van der Waals surface area contributed by atoms with Gasteiger partial charge in [-0.25, -0.2) is 14.4 Å². The van der Waals surface area contributed by atoms with Crippen molar-refractivity contribution >= 4 is 22.8 Å². The van der Waals surface area contributed by atoms with Gasteiger partial charge in [0.15, 0.2) is 5.65 Å². The van der Waals surface area contributed by atoms with Gasteiger partial charge in [0.2, 0.25) is 0 Å². The predicted molar refractivity (Wildman–Crippen MR) is 119 cm³/mol. The third-order valence-corrected chi connectivity index (χ3v) is 4.73. The number of anilines is 1. The van der Waals surface area contributed by atoms with Crippen LogP contribution in [0.15, 0.2) is 66.9 Å². The molecule has 0 aliphatic rings. The fourth-order valence-corrected chi connectivity index (χ4v) is 3.17. The largest absolute Gasteiger partial charge is 0.492 e. The van der Waals surface area contributed by atoms with Gasteiger partial charge in [-0.05, 0) is 60.2 Å². The third kappa shape index (κ3) is 4.38. The molecule has 0 unspecified atom stereocenters. The maximum atomic E-state index is 14.1. The molecule has 0 aliphatic carbocycles. The van der Waals surface area contributed by atoms with E-state index in [0.717, 1.165) is 5.39 Å². The van der Waals surface area contributed by atoms with E-state index >= 15 is 0 Å². The number of aromatic nitrogens is 2. The first-order chi connectivity index (χ1) is 15.6. The number of ether oxygens (including phenoxy) is 1. The Morgan fingerprint density at radius 2 is 2.03 bits per heavy atom. The minimum absolute atomic E-state index is 0.0495. The van der Waals surface area contributed by atoms with Crippen LogP contribution in [0.25, 0.3) is 22.2 Å². The molecule has 0 radical (unpaired) electrons. The summed E-state index contributed by atoms with van der Waals surface area (Å²) in [6, 6.07) is 18.1. The van der Waals surface area contributed by atoms with Gasteiger partial charge >= 0.3 is 0 Å². The third-order valence-electron chi connectivity index (χ3n) is 4.73. The van der Waals surface area contributed by atoms with Gasteiger partial charge < -0.3 is 15.8 Å². The van der Waals surface area contributed by atoms with Crippen molar-refractivity contribution in [2.24, 2.45) is 5.73 Å². The summed E-state index contributed by atoms with van der Waals surface area (Å²) in [5.74, 6) is -0.278. The number of fused-ring (bicyclic) bond motifs is 1. The molecule has 2 aromatic carbocycles. The van der Waals surface area contributed by atoms with Crippen LogP contribution >= 0.6 is 0 Å². The number of carbonyl (C=O) groups is 1. The van der Waals surface area contributed by atoms with Gasteiger partial charge in [-0.1, -0.05) is 6.07 Å². The summed E-state index contributed by atoms with van der Waals surface area (Å²) in [6.45, 7) is 0.486. The first-order valence-electron chi connectivity index (χ1n) is 9.79. The summed E-state index contributed by atoms with van der Waals surface area (Å²) in [5.41, 5.74) is 7.46. The highest BCUT2D eigenvalue weighted by Crippen LogP contribution is 2.32. The Morgan fingerprint density at radius 1 is 1.16 bits per heavy atom. The predicted octanol–water partition coefficient (Wildman–Crippen LogP) is 3.90. The normalized spacial score (nSPS) is 10.5. The average Bonchev–Trinajstić information content (AvgIpc) is 2.82. The first-order valence-corrected chi connectivity index (χ1v) is 9.79. The molecule has 4 rings (SSSR count). The van der Waals surface area contributed by atoms with Crippen molar-refractivity contribution in [2.45, 2.75) is 0 Å². The van der Waals surface area contributed by atoms with E-state index in [1.54, 1.807) is 42.6 Å². The fourth-order valence-electron chi connectivity index (χ4n) is 3.17. The second-order valence-corrected chi connectivity index (χ2v) is 6.86. The summed E-state index contributed by atoms with van der Waals surface area (Å²) in [4.78, 5) is 21.3. The monoisotopic (exact) mass is 427 g/mol. The van der Waals surface area contributed by atoms with Gasteiger partial charge in [-0.3, -0.25) is 4.79 Å². The molecule has 0 saturated carbocycles. The summed E-state index contributed by atoms with van der Waals surface area (Å²) >= 11 is 0. The highest BCUT2D eigenvalue weighted by atomic mass is 19.1. The Labute approximate surface area is 183 Å². The lowest BCUT2D eigenvalue weighted by Gasteiger charge is -2.14. The molecule has 0 atom stereocenters. The zero-order chi connectivity index (χ0) is 22.5. The number of carbonyl (C=O) groups excluding carboxylic acids is 1. The molecular weight excluding hydrogens is 409 g/mol. The van der Waals surface area contributed by atoms with E-state index in [1.807, 2.05) is 18.2 Å². The van der Waals surface area contributed by atoms with E-state index in [1.165, 1.54) is 12.1 Å². The highest BCUT2D eigenvalue weighted by molar-refractivity contribution is 6.04. The van der Waals surface area contributed by atoms with Crippen LogP contribution in [0.2, 0.25) is 0 Å². The van der Waals surface area contributed by atoms with Crippen molar-refractivity contribution < 1.29 is 13.9 Å². The molecule has 7 nitrogen and oxygen atoms in total. The van der Waals surface area contributed by atoms with Crippen molar-refractivity contribution in [2.75, 3.05) is 18.5 Å². The molecule has 0 bridgehead atoms. The van der Waals surface area contributed by atoms with E-state index in [4.69, 9.17) is 15.7 Å². The van der Waals surface area contributed by atoms with Crippen LogP contribution in [0.5, 0.6) is 5.75 Å². The Kier molecular flexibility index (Phi) is 6.01. The lowest BCUT2D eigenvalue weighted by atomic mass is 10.0. The summed E-state index contributed by atoms with van der Waals surface area (Å²) in [7, 11) is 0. The van der Waals surface area contributed by atoms with Crippen LogP contribution in [0.4, 0.5) is 10.2 Å². The minimum Gasteiger partial charge on any atom is -0.492 e. The molecule has 2 heterocycles. The molecule has 2 aromatic heterocycles. The highest BCUT2D eigenvalue weighted by Gasteiger charge is 2.15. The van der Waals surface area contributed by atoms with E-state index in [0.29, 0.717) is 33.9 Å². The molecule has 0 saturated heterocycles. The average molecular weight is 427 g/mol. The second-order valence-electron chi connectivity index (χ2n) is 6.86. The van der Waals surface area contributed by atoms with Crippen molar-refractivity contribution in [3.05, 3.63) is 83.8 Å². The van der Waals surface area contributed by atoms with Gasteiger partial charge in [-0.15, -0.1) is 0 Å². The quantitative estimate of drug-likeness (QED) is 0.482. The van der Waals surface area contributed by atoms with Crippen LogP contribution in [-0.4, -0.2) is 29.0 Å². The van der Waals surface area contributed by atoms with Crippen molar-refractivity contribution in [3.63, 3.8) is 0 Å². The molecular formula is C24H18FN5O2. The zero-order valence-electron chi connectivity index (χ0n) is 16.9. The summed E-state index contributed by atoms with van der Waals surface area (Å²) in [5, 5.41) is 12.6. The molecule has 8 heteroatoms. The smallest absolute Gasteiger partial charge is 0.256 e. The molecule has 158 valence electrons. The Balaban J connectivity index is 1.64. The van der Waals surface area contributed by atoms with Crippen LogP contribution in [0.3, 0.4) is 0 Å². The number of hydrogen-bond donors (Lipinski definition) is 2. The number of pyridine rings is 2. The van der Waals surface area contributed by atoms with Crippen molar-refractivity contribution in [3.8, 4) is 22.9 Å². The minimum atomic E-state index is -0.632. The molecule has 32 heavy (non-hydrogen) atoms. The standard InChI is InChI=1S/C24H18FN5O2/c25-20-12-16(3-4-18(20)14-27)19-7-5-17(13-21(19)32-11-9-26)24(31)30-22-8-6-15-2-1-10-28-23(15)29-22/h1-8,10,12-13H,9,11,26H2,(H,28,29,30,31). The number of nitrogens with zero attached hydrogens (tertiary/aromatic N) is 3. The number of rotatable bonds is 6. The van der Waals surface area contributed by atoms with Crippen molar-refractivity contribution in [1.29, 1.82) is 5.26 Å². The molecule has 0 fully saturated rings. The molecule has 4 aromatic rings. The zero-order valence-corrected chi connectivity index (χ0v) is 16.9. The van der Waals surface area contributed by atoms with Gasteiger partial charge in [-0.2, -0.15) is 5.26 Å². The number of benzene rings is 2. The number of nitrogens with two attached hydrogens (primary N) is 1. The maximum Gasteiger partial charge on any atom is 0.256 e. The fraction of sp³-hybridized carbons (Fsp3) is 0.0833. The van der Waals surface area contributed by atoms with Gasteiger partial charge in [0.05, 0.1) is 5.56 Å². The maximum absolute atomic E-state index is 14.1. The van der Waals surface area contributed by atoms with Crippen LogP contribution in [-0.2, 0) is 0 Å². The van der Waals surface area contributed by atoms with E-state index in [2.05, 4.69) is 15.3 Å². The summed E-state index contributed by atoms with van der Waals surface area (Å²) in [6.07, 6.45) is 1.63. The number of hydrogen-bond acceptors (Lipinski definition) is 6. The van der Waals surface area contributed by atoms with Gasteiger partial charge in [0.1, 0.15) is 30.1 Å². The van der Waals surface area contributed by atoms with Gasteiger partial charge in [0, 0.05) is 29.3 Å². The second kappa shape index (κ2) is 9.20. The lowest BCUT2D eigenvalue weighted by molar-refractivity contribution is 0.102. The van der Waals surface area contributed by atoms with E-state index in [-0.39, 0.29) is 24.6 Å². The van der Waals surface area contributed by atoms with Gasteiger partial charge in [0.25, 0.3) is 5.91 Å². The van der Waals surface area contributed by atoms with Crippen LogP contribution < -0.4 is 15.8 Å². The number of halogens is 1. The molecule has 0 aliphatic heterocycles. The van der Waals surface area contributed by atoms with E-state index < -0.39 is 5.82 Å². The Bertz CT molecular complexity index is 1350. The Morgan fingerprint density at radius 3 is 2.81 bits per heavy atom. The number of nitrogens with one attached hydrogen (secondary N) is 1. The summed E-state index contributed by atoms with van der Waals surface area (Å²) < 4.78 is 19.8. The lowest BCUT2D eigenvalue weighted by Crippen LogP contribution is -2.14. The molecule has 3 N–H and O–H groups in total. The SMILES string of the molecule is N#Cc1ccc(-c2ccc(C(=O)Nc3ccc4cccnc4n3)cc2OCCN)cc1F. The first kappa shape index (κ1) is 20.9. The molecule has 0 spiro atoms. The van der Waals surface area contributed by atoms with E-state index in [9.17, 15) is 9.18 Å². The molecule has 1 amide bonds. The Hall–Kier alpha value is -4.35. The van der Waals surface area contributed by atoms with Crippen molar-refractivity contribution in [1.82, 2.24) is 9.97 Å². The number of amides is 1. The number of nitriles is 1.